The van der Waals surface area contributed by atoms with Gasteiger partial charge in [0.1, 0.15) is 5.75 Å². The molecule has 0 saturated heterocycles. The summed E-state index contributed by atoms with van der Waals surface area (Å²) in [6, 6.07) is 4.28. The van der Waals surface area contributed by atoms with Crippen molar-refractivity contribution in [2.45, 2.75) is 52.8 Å². The van der Waals surface area contributed by atoms with E-state index in [0.29, 0.717) is 0 Å². The third kappa shape index (κ3) is 3.05. The van der Waals surface area contributed by atoms with Crippen LogP contribution in [0.3, 0.4) is 0 Å². The van der Waals surface area contributed by atoms with Crippen LogP contribution in [0, 0.1) is 13.8 Å². The first-order valence-electron chi connectivity index (χ1n) is 6.51. The summed E-state index contributed by atoms with van der Waals surface area (Å²) in [6.07, 6.45) is 1.89. The highest BCUT2D eigenvalue weighted by Gasteiger charge is 2.39. The first-order valence-corrected chi connectivity index (χ1v) is 9.42. The summed E-state index contributed by atoms with van der Waals surface area (Å²) in [5.74, 6) is 1.06. The zero-order chi connectivity index (χ0) is 14.1. The van der Waals surface area contributed by atoms with E-state index in [0.717, 1.165) is 11.3 Å². The molecule has 0 aliphatic rings. The molecule has 0 spiro atoms. The van der Waals surface area contributed by atoms with Gasteiger partial charge in [-0.3, -0.25) is 0 Å². The Bertz CT molecular complexity index is 430. The molecule has 0 bridgehead atoms. The van der Waals surface area contributed by atoms with Gasteiger partial charge in [-0.1, -0.05) is 33.4 Å². The molecule has 1 rings (SSSR count). The van der Waals surface area contributed by atoms with Gasteiger partial charge >= 0.3 is 0 Å². The minimum Gasteiger partial charge on any atom is -0.543 e. The predicted molar refractivity (Wildman–Crippen MR) is 83.8 cm³/mol. The van der Waals surface area contributed by atoms with Crippen LogP contribution in [0.2, 0.25) is 18.1 Å². The fraction of sp³-hybridized carbons (Fsp3) is 0.500. The summed E-state index contributed by atoms with van der Waals surface area (Å²) in [5, 5.41) is 0.225. The topological polar surface area (TPSA) is 9.23 Å². The lowest BCUT2D eigenvalue weighted by Crippen LogP contribution is -2.44. The summed E-state index contributed by atoms with van der Waals surface area (Å²) in [4.78, 5) is 0. The second-order valence-electron chi connectivity index (χ2n) is 6.55. The van der Waals surface area contributed by atoms with Crippen molar-refractivity contribution in [1.29, 1.82) is 0 Å². The quantitative estimate of drug-likeness (QED) is 0.669. The van der Waals surface area contributed by atoms with Gasteiger partial charge in [0.15, 0.2) is 0 Å². The van der Waals surface area contributed by atoms with Crippen LogP contribution in [-0.2, 0) is 0 Å². The van der Waals surface area contributed by atoms with Crippen molar-refractivity contribution < 1.29 is 4.43 Å². The van der Waals surface area contributed by atoms with Crippen LogP contribution >= 0.6 is 0 Å². The third-order valence-corrected chi connectivity index (χ3v) is 8.21. The minimum absolute atomic E-state index is 0.225. The predicted octanol–water partition coefficient (Wildman–Crippen LogP) is 5.33. The van der Waals surface area contributed by atoms with Crippen LogP contribution in [0.4, 0.5) is 0 Å². The lowest BCUT2D eigenvalue weighted by molar-refractivity contribution is 0.486. The first kappa shape index (κ1) is 15.0. The normalized spacial score (nSPS) is 12.4. The lowest BCUT2D eigenvalue weighted by atomic mass is 10.1. The molecular formula is C16H26OSi. The van der Waals surface area contributed by atoms with E-state index in [-0.39, 0.29) is 5.04 Å². The van der Waals surface area contributed by atoms with Gasteiger partial charge in [0.05, 0.1) is 0 Å². The van der Waals surface area contributed by atoms with E-state index in [1.165, 1.54) is 11.1 Å². The second-order valence-corrected chi connectivity index (χ2v) is 11.3. The standard InChI is InChI=1S/C16H26OSi/c1-9-14-10-12(2)15(13(3)11-14)17-18(7,8)16(4,5)6/h9-11H,1H2,2-8H3. The number of hydrogen-bond donors (Lipinski definition) is 0. The molecule has 0 unspecified atom stereocenters. The first-order chi connectivity index (χ1) is 8.08. The summed E-state index contributed by atoms with van der Waals surface area (Å²) in [6.45, 7) is 19.4. The van der Waals surface area contributed by atoms with Gasteiger partial charge in [0.2, 0.25) is 0 Å². The Morgan fingerprint density at radius 1 is 1.11 bits per heavy atom. The van der Waals surface area contributed by atoms with Gasteiger partial charge in [0, 0.05) is 0 Å². The molecule has 0 heterocycles. The van der Waals surface area contributed by atoms with Crippen LogP contribution < -0.4 is 4.43 Å². The molecule has 1 aromatic rings. The van der Waals surface area contributed by atoms with Crippen molar-refractivity contribution in [3.63, 3.8) is 0 Å². The van der Waals surface area contributed by atoms with Crippen molar-refractivity contribution in [2.24, 2.45) is 0 Å². The molecule has 0 aromatic heterocycles. The molecule has 0 amide bonds. The summed E-state index contributed by atoms with van der Waals surface area (Å²) in [5.41, 5.74) is 3.57. The average Bonchev–Trinajstić information content (AvgIpc) is 2.21. The maximum atomic E-state index is 6.43. The highest BCUT2D eigenvalue weighted by Crippen LogP contribution is 2.39. The van der Waals surface area contributed by atoms with E-state index in [4.69, 9.17) is 4.43 Å². The highest BCUT2D eigenvalue weighted by molar-refractivity contribution is 6.74. The fourth-order valence-electron chi connectivity index (χ4n) is 1.67. The van der Waals surface area contributed by atoms with Crippen LogP contribution in [0.5, 0.6) is 5.75 Å². The van der Waals surface area contributed by atoms with E-state index in [2.05, 4.69) is 66.4 Å². The molecule has 0 atom stereocenters. The number of rotatable bonds is 3. The van der Waals surface area contributed by atoms with E-state index < -0.39 is 8.32 Å². The van der Waals surface area contributed by atoms with Gasteiger partial charge in [-0.25, -0.2) is 0 Å². The largest absolute Gasteiger partial charge is 0.543 e. The van der Waals surface area contributed by atoms with Crippen LogP contribution in [-0.4, -0.2) is 8.32 Å². The molecule has 1 aromatic carbocycles. The van der Waals surface area contributed by atoms with E-state index in [9.17, 15) is 0 Å². The van der Waals surface area contributed by atoms with Crippen LogP contribution in [0.15, 0.2) is 18.7 Å². The van der Waals surface area contributed by atoms with Gasteiger partial charge in [0.25, 0.3) is 8.32 Å². The van der Waals surface area contributed by atoms with Crippen LogP contribution in [0.1, 0.15) is 37.5 Å². The molecule has 0 fully saturated rings. The van der Waals surface area contributed by atoms with E-state index >= 15 is 0 Å². The van der Waals surface area contributed by atoms with Crippen molar-refractivity contribution in [3.8, 4) is 5.75 Å². The smallest absolute Gasteiger partial charge is 0.250 e. The number of aryl methyl sites for hydroxylation is 2. The molecule has 0 saturated carbocycles. The number of hydrogen-bond acceptors (Lipinski definition) is 1. The van der Waals surface area contributed by atoms with Gasteiger partial charge in [-0.05, 0) is 60.8 Å². The zero-order valence-electron chi connectivity index (χ0n) is 12.8. The molecule has 1 nitrogen and oxygen atoms in total. The van der Waals surface area contributed by atoms with Crippen molar-refractivity contribution in [1.82, 2.24) is 0 Å². The fourth-order valence-corrected chi connectivity index (χ4v) is 2.81. The van der Waals surface area contributed by atoms with Gasteiger partial charge < -0.3 is 4.43 Å². The zero-order valence-corrected chi connectivity index (χ0v) is 13.8. The molecule has 0 aliphatic carbocycles. The second kappa shape index (κ2) is 4.92. The van der Waals surface area contributed by atoms with E-state index in [1.807, 2.05) is 6.08 Å². The third-order valence-electron chi connectivity index (χ3n) is 3.88. The SMILES string of the molecule is C=Cc1cc(C)c(O[Si](C)(C)C(C)(C)C)c(C)c1. The minimum atomic E-state index is -1.76. The van der Waals surface area contributed by atoms with Crippen molar-refractivity contribution >= 4 is 14.4 Å². The maximum Gasteiger partial charge on any atom is 0.250 e. The Morgan fingerprint density at radius 3 is 1.89 bits per heavy atom. The molecule has 0 aliphatic heterocycles. The molecule has 100 valence electrons. The molecule has 18 heavy (non-hydrogen) atoms. The van der Waals surface area contributed by atoms with Crippen molar-refractivity contribution in [2.75, 3.05) is 0 Å². The van der Waals surface area contributed by atoms with Crippen molar-refractivity contribution in [3.05, 3.63) is 35.4 Å². The average molecular weight is 262 g/mol. The number of benzene rings is 1. The monoisotopic (exact) mass is 262 g/mol. The Morgan fingerprint density at radius 2 is 1.56 bits per heavy atom. The van der Waals surface area contributed by atoms with E-state index in [1.54, 1.807) is 0 Å². The Hall–Kier alpha value is -1.02. The molecular weight excluding hydrogens is 236 g/mol. The van der Waals surface area contributed by atoms with Crippen LogP contribution in [0.25, 0.3) is 6.08 Å². The van der Waals surface area contributed by atoms with Gasteiger partial charge in [-0.2, -0.15) is 0 Å². The molecule has 0 N–H and O–H groups in total. The summed E-state index contributed by atoms with van der Waals surface area (Å²) in [7, 11) is -1.76. The Labute approximate surface area is 113 Å². The molecule has 2 heteroatoms. The Kier molecular flexibility index (Phi) is 4.11. The lowest BCUT2D eigenvalue weighted by Gasteiger charge is -2.37. The highest BCUT2D eigenvalue weighted by atomic mass is 28.4. The summed E-state index contributed by atoms with van der Waals surface area (Å²) < 4.78 is 6.43. The summed E-state index contributed by atoms with van der Waals surface area (Å²) >= 11 is 0. The molecule has 0 radical (unpaired) electrons. The maximum absolute atomic E-state index is 6.43. The Balaban J connectivity index is 3.17. The van der Waals surface area contributed by atoms with Gasteiger partial charge in [-0.15, -0.1) is 0 Å².